The van der Waals surface area contributed by atoms with Crippen LogP contribution in [0.3, 0.4) is 0 Å². The first kappa shape index (κ1) is 12.9. The molecule has 4 rings (SSSR count). The predicted octanol–water partition coefficient (Wildman–Crippen LogP) is 3.93. The maximum atomic E-state index is 10.7. The van der Waals surface area contributed by atoms with Crippen molar-refractivity contribution in [3.63, 3.8) is 0 Å². The monoisotopic (exact) mass is 310 g/mol. The van der Waals surface area contributed by atoms with E-state index >= 15 is 0 Å². The molecule has 0 aliphatic rings. The predicted molar refractivity (Wildman–Crippen MR) is 88.1 cm³/mol. The number of anilines is 1. The highest BCUT2D eigenvalue weighted by Crippen LogP contribution is 2.31. The van der Waals surface area contributed by atoms with E-state index in [-0.39, 0.29) is 0 Å². The number of halogens is 1. The number of aromatic nitrogens is 3. The molecule has 22 heavy (non-hydrogen) atoms. The summed E-state index contributed by atoms with van der Waals surface area (Å²) in [5.41, 5.74) is 4.18. The van der Waals surface area contributed by atoms with Gasteiger partial charge in [-0.15, -0.1) is 0 Å². The van der Waals surface area contributed by atoms with E-state index in [4.69, 9.17) is 11.6 Å². The lowest BCUT2D eigenvalue weighted by Crippen LogP contribution is -1.93. The molecule has 2 heterocycles. The highest BCUT2D eigenvalue weighted by molar-refractivity contribution is 6.31. The third kappa shape index (κ3) is 1.95. The summed E-state index contributed by atoms with van der Waals surface area (Å²) in [7, 11) is 0. The zero-order valence-corrected chi connectivity index (χ0v) is 12.1. The Morgan fingerprint density at radius 2 is 2.09 bits per heavy atom. The van der Waals surface area contributed by atoms with Crippen molar-refractivity contribution in [1.82, 2.24) is 15.0 Å². The Bertz CT molecular complexity index is 1000. The molecular weight excluding hydrogens is 300 g/mol. The Morgan fingerprint density at radius 1 is 1.18 bits per heavy atom. The summed E-state index contributed by atoms with van der Waals surface area (Å²) >= 11 is 6.09. The second-order valence-electron chi connectivity index (χ2n) is 4.94. The van der Waals surface area contributed by atoms with Gasteiger partial charge in [-0.3, -0.25) is 4.79 Å². The minimum Gasteiger partial charge on any atom is -0.360 e. The van der Waals surface area contributed by atoms with Gasteiger partial charge in [-0.05, 0) is 30.3 Å². The third-order valence-corrected chi connectivity index (χ3v) is 3.86. The van der Waals surface area contributed by atoms with Gasteiger partial charge < -0.3 is 15.3 Å². The van der Waals surface area contributed by atoms with Gasteiger partial charge in [0.05, 0.1) is 11.2 Å². The van der Waals surface area contributed by atoms with Crippen LogP contribution in [-0.2, 0) is 4.79 Å². The van der Waals surface area contributed by atoms with Crippen LogP contribution in [0.5, 0.6) is 0 Å². The molecule has 0 bridgehead atoms. The van der Waals surface area contributed by atoms with Crippen LogP contribution < -0.4 is 5.32 Å². The Morgan fingerprint density at radius 3 is 2.95 bits per heavy atom. The van der Waals surface area contributed by atoms with Gasteiger partial charge in [0.1, 0.15) is 11.3 Å². The van der Waals surface area contributed by atoms with Crippen LogP contribution in [0.25, 0.3) is 33.3 Å². The SMILES string of the molecule is O=CNc1cccc2[nH]c(-c3c[nH]c4ccc(Cl)cc34)nc12. The molecule has 5 nitrogen and oxygen atoms in total. The first-order chi connectivity index (χ1) is 10.8. The van der Waals surface area contributed by atoms with Gasteiger partial charge in [0.2, 0.25) is 6.41 Å². The number of nitrogens with one attached hydrogen (secondary N) is 3. The first-order valence-electron chi connectivity index (χ1n) is 6.72. The summed E-state index contributed by atoms with van der Waals surface area (Å²) in [5, 5.41) is 4.33. The Kier molecular flexibility index (Phi) is 2.87. The number of hydrogen-bond donors (Lipinski definition) is 3. The number of H-pyrrole nitrogens is 2. The average molecular weight is 311 g/mol. The highest BCUT2D eigenvalue weighted by Gasteiger charge is 2.12. The lowest BCUT2D eigenvalue weighted by atomic mass is 10.2. The van der Waals surface area contributed by atoms with Crippen LogP contribution in [0.2, 0.25) is 5.02 Å². The molecule has 0 spiro atoms. The summed E-state index contributed by atoms with van der Waals surface area (Å²) in [6, 6.07) is 11.3. The van der Waals surface area contributed by atoms with Gasteiger partial charge in [-0.2, -0.15) is 0 Å². The summed E-state index contributed by atoms with van der Waals surface area (Å²) in [6.07, 6.45) is 2.54. The van der Waals surface area contributed by atoms with E-state index in [1.807, 2.05) is 42.6 Å². The minimum absolute atomic E-state index is 0.647. The lowest BCUT2D eigenvalue weighted by molar-refractivity contribution is -0.105. The van der Waals surface area contributed by atoms with E-state index in [1.54, 1.807) is 0 Å². The van der Waals surface area contributed by atoms with Gasteiger partial charge in [-0.1, -0.05) is 17.7 Å². The number of rotatable bonds is 3. The summed E-state index contributed by atoms with van der Waals surface area (Å²) in [4.78, 5) is 21.8. The number of fused-ring (bicyclic) bond motifs is 2. The van der Waals surface area contributed by atoms with Crippen molar-refractivity contribution in [2.24, 2.45) is 0 Å². The van der Waals surface area contributed by atoms with Crippen molar-refractivity contribution in [3.8, 4) is 11.4 Å². The lowest BCUT2D eigenvalue weighted by Gasteiger charge is -1.97. The maximum Gasteiger partial charge on any atom is 0.211 e. The van der Waals surface area contributed by atoms with E-state index in [1.165, 1.54) is 0 Å². The van der Waals surface area contributed by atoms with Crippen LogP contribution in [0.1, 0.15) is 0 Å². The molecule has 1 amide bonds. The Hall–Kier alpha value is -2.79. The van der Waals surface area contributed by atoms with Crippen molar-refractivity contribution in [1.29, 1.82) is 0 Å². The summed E-state index contributed by atoms with van der Waals surface area (Å²) < 4.78 is 0. The molecule has 0 atom stereocenters. The number of carbonyl (C=O) groups excluding carboxylic acids is 1. The first-order valence-corrected chi connectivity index (χ1v) is 7.10. The number of aromatic amines is 2. The molecule has 0 saturated carbocycles. The van der Waals surface area contributed by atoms with Crippen molar-refractivity contribution in [3.05, 3.63) is 47.6 Å². The number of hydrogen-bond acceptors (Lipinski definition) is 2. The van der Waals surface area contributed by atoms with E-state index in [0.29, 0.717) is 17.1 Å². The molecule has 4 aromatic rings. The van der Waals surface area contributed by atoms with Crippen LogP contribution in [0.4, 0.5) is 5.69 Å². The fraction of sp³-hybridized carbons (Fsp3) is 0. The van der Waals surface area contributed by atoms with E-state index in [2.05, 4.69) is 20.3 Å². The number of amides is 1. The zero-order chi connectivity index (χ0) is 15.1. The normalized spacial score (nSPS) is 11.1. The van der Waals surface area contributed by atoms with E-state index < -0.39 is 0 Å². The van der Waals surface area contributed by atoms with Crippen molar-refractivity contribution in [2.45, 2.75) is 0 Å². The summed E-state index contributed by atoms with van der Waals surface area (Å²) in [5.74, 6) is 0.726. The van der Waals surface area contributed by atoms with Gasteiger partial charge in [0, 0.05) is 27.7 Å². The molecule has 0 fully saturated rings. The molecule has 3 N–H and O–H groups in total. The van der Waals surface area contributed by atoms with Crippen molar-refractivity contribution >= 4 is 45.6 Å². The van der Waals surface area contributed by atoms with Crippen LogP contribution in [0.15, 0.2) is 42.6 Å². The fourth-order valence-corrected chi connectivity index (χ4v) is 2.80. The fourth-order valence-electron chi connectivity index (χ4n) is 2.63. The molecule has 108 valence electrons. The summed E-state index contributed by atoms with van der Waals surface area (Å²) in [6.45, 7) is 0. The molecule has 0 radical (unpaired) electrons. The molecule has 6 heteroatoms. The van der Waals surface area contributed by atoms with Crippen LogP contribution in [0, 0.1) is 0 Å². The molecule has 0 saturated heterocycles. The third-order valence-electron chi connectivity index (χ3n) is 3.63. The molecule has 0 aliphatic heterocycles. The number of para-hydroxylation sites is 1. The van der Waals surface area contributed by atoms with Gasteiger partial charge in [0.25, 0.3) is 0 Å². The van der Waals surface area contributed by atoms with Crippen molar-refractivity contribution < 1.29 is 4.79 Å². The zero-order valence-electron chi connectivity index (χ0n) is 11.4. The minimum atomic E-state index is 0.647. The van der Waals surface area contributed by atoms with Crippen LogP contribution >= 0.6 is 11.6 Å². The van der Waals surface area contributed by atoms with Crippen LogP contribution in [-0.4, -0.2) is 21.4 Å². The quantitative estimate of drug-likeness (QED) is 0.501. The number of imidazole rings is 1. The van der Waals surface area contributed by atoms with E-state index in [9.17, 15) is 4.79 Å². The molecular formula is C16H11ClN4O. The molecule has 0 aliphatic carbocycles. The topological polar surface area (TPSA) is 73.6 Å². The Labute approximate surface area is 130 Å². The largest absolute Gasteiger partial charge is 0.360 e. The number of benzene rings is 2. The molecule has 2 aromatic carbocycles. The average Bonchev–Trinajstić information content (AvgIpc) is 3.11. The highest BCUT2D eigenvalue weighted by atomic mass is 35.5. The molecule has 0 unspecified atom stereocenters. The second-order valence-corrected chi connectivity index (χ2v) is 5.38. The standard InChI is InChI=1S/C16H11ClN4O/c17-9-4-5-12-10(6-9)11(7-18-12)16-20-14-3-1-2-13(19-8-22)15(14)21-16/h1-8,18H,(H,19,22)(H,20,21). The van der Waals surface area contributed by atoms with E-state index in [0.717, 1.165) is 33.3 Å². The maximum absolute atomic E-state index is 10.7. The van der Waals surface area contributed by atoms with Gasteiger partial charge in [-0.25, -0.2) is 4.98 Å². The van der Waals surface area contributed by atoms with Crippen molar-refractivity contribution in [2.75, 3.05) is 5.32 Å². The van der Waals surface area contributed by atoms with Gasteiger partial charge >= 0.3 is 0 Å². The number of nitrogens with zero attached hydrogens (tertiary/aromatic N) is 1. The Balaban J connectivity index is 1.94. The van der Waals surface area contributed by atoms with Gasteiger partial charge in [0.15, 0.2) is 0 Å². The smallest absolute Gasteiger partial charge is 0.211 e. The second kappa shape index (κ2) is 4.89. The number of carbonyl (C=O) groups is 1. The molecule has 2 aromatic heterocycles.